The topological polar surface area (TPSA) is 32.3 Å². The van der Waals surface area contributed by atoms with Gasteiger partial charge in [-0.05, 0) is 6.92 Å². The van der Waals surface area contributed by atoms with E-state index in [0.29, 0.717) is 12.1 Å². The number of carbonyl (C=O) groups excluding carboxylic acids is 1. The summed E-state index contributed by atoms with van der Waals surface area (Å²) in [5.41, 5.74) is 0. The first kappa shape index (κ1) is 7.28. The summed E-state index contributed by atoms with van der Waals surface area (Å²) in [5, 5.41) is 2.98. The highest BCUT2D eigenvalue weighted by atomic mass is 32.2. The lowest BCUT2D eigenvalue weighted by atomic mass is 10.2. The average Bonchev–Trinajstić information content (AvgIpc) is 2.46. The first-order valence-electron chi connectivity index (χ1n) is 3.98. The summed E-state index contributed by atoms with van der Waals surface area (Å²) in [7, 11) is 0. The van der Waals surface area contributed by atoms with Gasteiger partial charge in [-0.1, -0.05) is 0 Å². The SMILES string of the molecule is CCN1C(=O)N[C@@H]2CSC[C@H]21. The van der Waals surface area contributed by atoms with E-state index in [-0.39, 0.29) is 6.03 Å². The summed E-state index contributed by atoms with van der Waals surface area (Å²) in [6, 6.07) is 1.02. The van der Waals surface area contributed by atoms with E-state index in [4.69, 9.17) is 0 Å². The largest absolute Gasteiger partial charge is 0.332 e. The highest BCUT2D eigenvalue weighted by Gasteiger charge is 2.41. The second kappa shape index (κ2) is 2.59. The number of carbonyl (C=O) groups is 1. The number of fused-ring (bicyclic) bond motifs is 1. The number of thioether (sulfide) groups is 1. The zero-order valence-electron chi connectivity index (χ0n) is 6.54. The van der Waals surface area contributed by atoms with Gasteiger partial charge in [0, 0.05) is 18.1 Å². The Morgan fingerprint density at radius 1 is 1.73 bits per heavy atom. The molecule has 3 nitrogen and oxygen atoms in total. The third-order valence-corrected chi connectivity index (χ3v) is 3.53. The summed E-state index contributed by atoms with van der Waals surface area (Å²) in [5.74, 6) is 2.20. The van der Waals surface area contributed by atoms with E-state index in [0.717, 1.165) is 18.1 Å². The minimum absolute atomic E-state index is 0.128. The Morgan fingerprint density at radius 3 is 3.27 bits per heavy atom. The van der Waals surface area contributed by atoms with Crippen LogP contribution in [0.15, 0.2) is 0 Å². The van der Waals surface area contributed by atoms with Crippen LogP contribution in [0.25, 0.3) is 0 Å². The molecule has 2 amide bonds. The number of rotatable bonds is 1. The molecule has 0 unspecified atom stereocenters. The minimum atomic E-state index is 0.128. The number of hydrogen-bond acceptors (Lipinski definition) is 2. The summed E-state index contributed by atoms with van der Waals surface area (Å²) in [6.45, 7) is 2.87. The molecule has 0 aromatic carbocycles. The maximum Gasteiger partial charge on any atom is 0.318 e. The van der Waals surface area contributed by atoms with Crippen LogP contribution >= 0.6 is 11.8 Å². The van der Waals surface area contributed by atoms with Gasteiger partial charge in [0.2, 0.25) is 0 Å². The lowest BCUT2D eigenvalue weighted by Gasteiger charge is -2.18. The third kappa shape index (κ3) is 1.00. The molecular weight excluding hydrogens is 160 g/mol. The predicted octanol–water partition coefficient (Wildman–Crippen LogP) is 0.515. The van der Waals surface area contributed by atoms with Crippen molar-refractivity contribution in [3.63, 3.8) is 0 Å². The van der Waals surface area contributed by atoms with E-state index in [1.165, 1.54) is 0 Å². The monoisotopic (exact) mass is 172 g/mol. The Labute approximate surface area is 70.5 Å². The molecule has 11 heavy (non-hydrogen) atoms. The molecule has 0 spiro atoms. The van der Waals surface area contributed by atoms with Gasteiger partial charge in [-0.25, -0.2) is 4.79 Å². The van der Waals surface area contributed by atoms with Crippen LogP contribution in [0, 0.1) is 0 Å². The number of nitrogens with zero attached hydrogens (tertiary/aromatic N) is 1. The molecule has 2 aliphatic rings. The van der Waals surface area contributed by atoms with Gasteiger partial charge in [-0.15, -0.1) is 0 Å². The predicted molar refractivity (Wildman–Crippen MR) is 45.8 cm³/mol. The van der Waals surface area contributed by atoms with Gasteiger partial charge >= 0.3 is 6.03 Å². The van der Waals surface area contributed by atoms with E-state index in [2.05, 4.69) is 5.32 Å². The maximum atomic E-state index is 11.2. The normalized spacial score (nSPS) is 35.7. The van der Waals surface area contributed by atoms with Crippen molar-refractivity contribution in [1.82, 2.24) is 10.2 Å². The van der Waals surface area contributed by atoms with Gasteiger partial charge < -0.3 is 10.2 Å². The van der Waals surface area contributed by atoms with Crippen molar-refractivity contribution in [1.29, 1.82) is 0 Å². The Bertz CT molecular complexity index is 185. The van der Waals surface area contributed by atoms with Crippen molar-refractivity contribution in [3.05, 3.63) is 0 Å². The molecule has 0 saturated carbocycles. The Balaban J connectivity index is 2.13. The molecule has 0 radical (unpaired) electrons. The highest BCUT2D eigenvalue weighted by molar-refractivity contribution is 7.99. The van der Waals surface area contributed by atoms with Gasteiger partial charge in [0.05, 0.1) is 12.1 Å². The molecule has 2 fully saturated rings. The zero-order valence-corrected chi connectivity index (χ0v) is 7.36. The molecule has 2 heterocycles. The smallest absolute Gasteiger partial charge is 0.318 e. The number of amides is 2. The summed E-state index contributed by atoms with van der Waals surface area (Å²) >= 11 is 1.93. The fraction of sp³-hybridized carbons (Fsp3) is 0.857. The second-order valence-electron chi connectivity index (χ2n) is 2.95. The van der Waals surface area contributed by atoms with Crippen molar-refractivity contribution < 1.29 is 4.79 Å². The van der Waals surface area contributed by atoms with Crippen LogP contribution in [0.2, 0.25) is 0 Å². The first-order chi connectivity index (χ1) is 5.33. The number of urea groups is 1. The fourth-order valence-corrected chi connectivity index (χ4v) is 3.11. The zero-order chi connectivity index (χ0) is 7.84. The van der Waals surface area contributed by atoms with Crippen molar-refractivity contribution in [2.24, 2.45) is 0 Å². The highest BCUT2D eigenvalue weighted by Crippen LogP contribution is 2.27. The van der Waals surface area contributed by atoms with Crippen molar-refractivity contribution in [2.45, 2.75) is 19.0 Å². The van der Waals surface area contributed by atoms with Crippen LogP contribution < -0.4 is 5.32 Å². The summed E-state index contributed by atoms with van der Waals surface area (Å²) < 4.78 is 0. The molecule has 62 valence electrons. The lowest BCUT2D eigenvalue weighted by molar-refractivity contribution is 0.210. The van der Waals surface area contributed by atoms with Gasteiger partial charge in [0.25, 0.3) is 0 Å². The van der Waals surface area contributed by atoms with Gasteiger partial charge in [-0.2, -0.15) is 11.8 Å². The lowest BCUT2D eigenvalue weighted by Crippen LogP contribution is -2.35. The average molecular weight is 172 g/mol. The van der Waals surface area contributed by atoms with Crippen LogP contribution in [-0.4, -0.2) is 41.1 Å². The van der Waals surface area contributed by atoms with Crippen molar-refractivity contribution in [2.75, 3.05) is 18.1 Å². The standard InChI is InChI=1S/C7H12N2OS/c1-2-9-6-4-11-3-5(6)8-7(9)10/h5-6H,2-4H2,1H3,(H,8,10)/t5-,6-/m1/s1. The molecule has 0 aliphatic carbocycles. The maximum absolute atomic E-state index is 11.2. The molecule has 2 aliphatic heterocycles. The Hall–Kier alpha value is -0.380. The van der Waals surface area contributed by atoms with E-state index < -0.39 is 0 Å². The van der Waals surface area contributed by atoms with E-state index in [9.17, 15) is 4.79 Å². The van der Waals surface area contributed by atoms with Crippen LogP contribution in [0.5, 0.6) is 0 Å². The second-order valence-corrected chi connectivity index (χ2v) is 4.02. The molecular formula is C7H12N2OS. The Kier molecular flexibility index (Phi) is 1.71. The van der Waals surface area contributed by atoms with Gasteiger partial charge in [0.1, 0.15) is 0 Å². The van der Waals surface area contributed by atoms with Crippen LogP contribution in [0.3, 0.4) is 0 Å². The number of hydrogen-bond donors (Lipinski definition) is 1. The van der Waals surface area contributed by atoms with E-state index in [1.807, 2.05) is 23.6 Å². The summed E-state index contributed by atoms with van der Waals surface area (Å²) in [6.07, 6.45) is 0. The van der Waals surface area contributed by atoms with Crippen LogP contribution in [-0.2, 0) is 0 Å². The molecule has 4 heteroatoms. The molecule has 1 N–H and O–H groups in total. The van der Waals surface area contributed by atoms with E-state index >= 15 is 0 Å². The first-order valence-corrected chi connectivity index (χ1v) is 5.13. The van der Waals surface area contributed by atoms with Crippen LogP contribution in [0.1, 0.15) is 6.92 Å². The Morgan fingerprint density at radius 2 is 2.55 bits per heavy atom. The van der Waals surface area contributed by atoms with Crippen LogP contribution in [0.4, 0.5) is 4.79 Å². The quantitative estimate of drug-likeness (QED) is 0.585. The fourth-order valence-electron chi connectivity index (χ4n) is 1.76. The van der Waals surface area contributed by atoms with Crippen molar-refractivity contribution in [3.8, 4) is 0 Å². The molecule has 2 rings (SSSR count). The summed E-state index contributed by atoms with van der Waals surface area (Å²) in [4.78, 5) is 13.2. The molecule has 2 saturated heterocycles. The third-order valence-electron chi connectivity index (χ3n) is 2.36. The minimum Gasteiger partial charge on any atom is -0.332 e. The number of nitrogens with one attached hydrogen (secondary N) is 1. The van der Waals surface area contributed by atoms with Gasteiger partial charge in [0.15, 0.2) is 0 Å². The number of likely N-dealkylation sites (N-methyl/N-ethyl adjacent to an activating group) is 1. The molecule has 0 aromatic heterocycles. The van der Waals surface area contributed by atoms with E-state index in [1.54, 1.807) is 0 Å². The molecule has 0 bridgehead atoms. The molecule has 0 aromatic rings. The van der Waals surface area contributed by atoms with Gasteiger partial charge in [-0.3, -0.25) is 0 Å². The van der Waals surface area contributed by atoms with Crippen molar-refractivity contribution >= 4 is 17.8 Å². The molecule has 2 atom stereocenters.